The number of aliphatic hydroxyl groups excluding tert-OH is 2. The lowest BCUT2D eigenvalue weighted by atomic mass is 10.0. The van der Waals surface area contributed by atoms with Crippen LogP contribution in [0, 0.1) is 0 Å². The monoisotopic (exact) mass is 719 g/mol. The Morgan fingerprint density at radius 3 is 1.57 bits per heavy atom. The molecule has 1 amide bonds. The largest absolute Gasteiger partial charge is 0.472 e. The van der Waals surface area contributed by atoms with Crippen LogP contribution in [0.2, 0.25) is 0 Å². The van der Waals surface area contributed by atoms with Crippen molar-refractivity contribution in [1.82, 2.24) is 5.32 Å². The maximum absolute atomic E-state index is 12.7. The zero-order valence-electron chi connectivity index (χ0n) is 31.8. The number of unbranched alkanes of at least 4 members (excludes halogenated alkanes) is 24. The molecule has 0 saturated carbocycles. The summed E-state index contributed by atoms with van der Waals surface area (Å²) >= 11 is 0. The van der Waals surface area contributed by atoms with Gasteiger partial charge in [-0.3, -0.25) is 13.8 Å². The van der Waals surface area contributed by atoms with Gasteiger partial charge >= 0.3 is 7.82 Å². The molecular formula is C39H79N2O7P. The third kappa shape index (κ3) is 34.1. The molecule has 4 unspecified atom stereocenters. The zero-order valence-corrected chi connectivity index (χ0v) is 32.7. The van der Waals surface area contributed by atoms with E-state index in [0.29, 0.717) is 6.42 Å². The third-order valence-corrected chi connectivity index (χ3v) is 10.2. The van der Waals surface area contributed by atoms with Gasteiger partial charge in [-0.1, -0.05) is 180 Å². The van der Waals surface area contributed by atoms with E-state index >= 15 is 0 Å². The van der Waals surface area contributed by atoms with Gasteiger partial charge in [-0.2, -0.15) is 0 Å². The minimum Gasteiger partial charge on any atom is -0.393 e. The SMILES string of the molecule is CCCCCCCCCC/C=C/C(O)C(COP(=O)(O)OCCN)NC(=O)CC(O)CCCCCCCCCCCCCCCCCCC. The van der Waals surface area contributed by atoms with Crippen molar-refractivity contribution in [2.24, 2.45) is 5.73 Å². The molecular weight excluding hydrogens is 639 g/mol. The topological polar surface area (TPSA) is 151 Å². The maximum atomic E-state index is 12.7. The second-order valence-electron chi connectivity index (χ2n) is 14.0. The number of nitrogens with one attached hydrogen (secondary N) is 1. The number of nitrogens with two attached hydrogens (primary N) is 1. The Balaban J connectivity index is 4.26. The molecule has 0 spiro atoms. The molecule has 0 heterocycles. The normalized spacial score (nSPS) is 15.0. The second-order valence-corrected chi connectivity index (χ2v) is 15.5. The van der Waals surface area contributed by atoms with E-state index in [1.165, 1.54) is 128 Å². The van der Waals surface area contributed by atoms with Gasteiger partial charge in [-0.15, -0.1) is 0 Å². The van der Waals surface area contributed by atoms with E-state index in [1.54, 1.807) is 6.08 Å². The van der Waals surface area contributed by atoms with Crippen molar-refractivity contribution in [3.8, 4) is 0 Å². The maximum Gasteiger partial charge on any atom is 0.472 e. The Hall–Kier alpha value is -0.800. The first-order valence-corrected chi connectivity index (χ1v) is 21.9. The van der Waals surface area contributed by atoms with Crippen LogP contribution in [0.3, 0.4) is 0 Å². The summed E-state index contributed by atoms with van der Waals surface area (Å²) in [7, 11) is -4.39. The molecule has 0 aliphatic heterocycles. The van der Waals surface area contributed by atoms with Crippen molar-refractivity contribution in [1.29, 1.82) is 0 Å². The van der Waals surface area contributed by atoms with E-state index in [-0.39, 0.29) is 19.6 Å². The number of amides is 1. The van der Waals surface area contributed by atoms with Gasteiger partial charge in [-0.05, 0) is 19.3 Å². The quantitative estimate of drug-likeness (QED) is 0.0240. The molecule has 0 bridgehead atoms. The van der Waals surface area contributed by atoms with E-state index in [2.05, 4.69) is 19.2 Å². The van der Waals surface area contributed by atoms with E-state index in [4.69, 9.17) is 14.8 Å². The molecule has 9 nitrogen and oxygen atoms in total. The van der Waals surface area contributed by atoms with E-state index in [9.17, 15) is 24.5 Å². The number of allylic oxidation sites excluding steroid dienone is 1. The predicted molar refractivity (Wildman–Crippen MR) is 204 cm³/mol. The van der Waals surface area contributed by atoms with Crippen LogP contribution in [0.5, 0.6) is 0 Å². The van der Waals surface area contributed by atoms with Gasteiger partial charge in [0.05, 0.1) is 37.9 Å². The van der Waals surface area contributed by atoms with E-state index in [0.717, 1.165) is 38.5 Å². The summed E-state index contributed by atoms with van der Waals surface area (Å²) in [6.45, 7) is 3.95. The highest BCUT2D eigenvalue weighted by atomic mass is 31.2. The molecule has 0 aromatic rings. The van der Waals surface area contributed by atoms with Crippen LogP contribution < -0.4 is 11.1 Å². The van der Waals surface area contributed by atoms with Crippen molar-refractivity contribution in [3.05, 3.63) is 12.2 Å². The van der Waals surface area contributed by atoms with Crippen LogP contribution in [-0.2, 0) is 18.4 Å². The Labute approximate surface area is 301 Å². The number of hydrogen-bond donors (Lipinski definition) is 5. The zero-order chi connectivity index (χ0) is 36.3. The van der Waals surface area contributed by atoms with Gasteiger partial charge in [0.2, 0.25) is 5.91 Å². The summed E-state index contributed by atoms with van der Waals surface area (Å²) in [5.41, 5.74) is 5.34. The smallest absolute Gasteiger partial charge is 0.393 e. The minimum absolute atomic E-state index is 0.0511. The van der Waals surface area contributed by atoms with E-state index in [1.807, 2.05) is 6.08 Å². The standard InChI is InChI=1S/C39H79N2O7P/c1-3-5-7-9-11-13-15-16-17-18-19-20-21-22-24-26-28-30-36(42)34-39(44)41-37(35-48-49(45,46)47-33-32-40)38(43)31-29-27-25-23-14-12-10-8-6-4-2/h29,31,36-38,42-43H,3-28,30,32-35,40H2,1-2H3,(H,41,44)(H,45,46)/b31-29+. The molecule has 10 heteroatoms. The molecule has 0 saturated heterocycles. The molecule has 292 valence electrons. The van der Waals surface area contributed by atoms with Crippen molar-refractivity contribution >= 4 is 13.7 Å². The predicted octanol–water partition coefficient (Wildman–Crippen LogP) is 9.80. The molecule has 6 N–H and O–H groups in total. The molecule has 49 heavy (non-hydrogen) atoms. The Morgan fingerprint density at radius 1 is 0.694 bits per heavy atom. The number of carbonyl (C=O) groups excluding carboxylic acids is 1. The third-order valence-electron chi connectivity index (χ3n) is 9.17. The highest BCUT2D eigenvalue weighted by molar-refractivity contribution is 7.47. The molecule has 0 aromatic carbocycles. The molecule has 0 aliphatic rings. The minimum atomic E-state index is -4.39. The summed E-state index contributed by atoms with van der Waals surface area (Å²) in [5, 5.41) is 23.9. The fourth-order valence-electron chi connectivity index (χ4n) is 6.06. The fraction of sp³-hybridized carbons (Fsp3) is 0.923. The number of phosphoric ester groups is 1. The lowest BCUT2D eigenvalue weighted by Gasteiger charge is -2.24. The Morgan fingerprint density at radius 2 is 1.12 bits per heavy atom. The van der Waals surface area contributed by atoms with Crippen LogP contribution in [0.15, 0.2) is 12.2 Å². The van der Waals surface area contributed by atoms with Gasteiger partial charge in [0.1, 0.15) is 0 Å². The van der Waals surface area contributed by atoms with Crippen LogP contribution in [-0.4, -0.2) is 59.0 Å². The second kappa shape index (κ2) is 35.6. The first kappa shape index (κ1) is 48.2. The van der Waals surface area contributed by atoms with Gasteiger partial charge in [0, 0.05) is 6.54 Å². The number of rotatable bonds is 38. The number of phosphoric acid groups is 1. The van der Waals surface area contributed by atoms with Crippen molar-refractivity contribution in [2.75, 3.05) is 19.8 Å². The number of aliphatic hydroxyl groups is 2. The summed E-state index contributed by atoms with van der Waals surface area (Å²) in [5.74, 6) is -0.445. The average molecular weight is 719 g/mol. The lowest BCUT2D eigenvalue weighted by molar-refractivity contribution is -0.124. The van der Waals surface area contributed by atoms with Gasteiger partial charge < -0.3 is 26.2 Å². The van der Waals surface area contributed by atoms with Crippen LogP contribution in [0.1, 0.15) is 194 Å². The summed E-state index contributed by atoms with van der Waals surface area (Å²) < 4.78 is 22.0. The van der Waals surface area contributed by atoms with Crippen LogP contribution in [0.4, 0.5) is 0 Å². The van der Waals surface area contributed by atoms with Crippen LogP contribution >= 0.6 is 7.82 Å². The summed E-state index contributed by atoms with van der Waals surface area (Å²) in [6.07, 6.45) is 34.4. The van der Waals surface area contributed by atoms with Gasteiger partial charge in [0.15, 0.2) is 0 Å². The Bertz CT molecular complexity index is 801. The summed E-state index contributed by atoms with van der Waals surface area (Å²) in [6, 6.07) is -0.975. The fourth-order valence-corrected chi connectivity index (χ4v) is 6.82. The van der Waals surface area contributed by atoms with Gasteiger partial charge in [-0.25, -0.2) is 4.57 Å². The molecule has 0 fully saturated rings. The highest BCUT2D eigenvalue weighted by Crippen LogP contribution is 2.43. The highest BCUT2D eigenvalue weighted by Gasteiger charge is 2.27. The van der Waals surface area contributed by atoms with Gasteiger partial charge in [0.25, 0.3) is 0 Å². The lowest BCUT2D eigenvalue weighted by Crippen LogP contribution is -2.46. The first-order chi connectivity index (χ1) is 23.8. The Kier molecular flexibility index (Phi) is 35.0. The molecule has 4 atom stereocenters. The first-order valence-electron chi connectivity index (χ1n) is 20.4. The number of carbonyl (C=O) groups is 1. The molecule has 0 aliphatic carbocycles. The van der Waals surface area contributed by atoms with Crippen molar-refractivity contribution in [2.45, 2.75) is 212 Å². The van der Waals surface area contributed by atoms with Crippen molar-refractivity contribution in [3.63, 3.8) is 0 Å². The molecule has 0 aromatic heterocycles. The average Bonchev–Trinajstić information content (AvgIpc) is 3.07. The van der Waals surface area contributed by atoms with Crippen molar-refractivity contribution < 1.29 is 33.5 Å². The van der Waals surface area contributed by atoms with Crippen LogP contribution in [0.25, 0.3) is 0 Å². The van der Waals surface area contributed by atoms with E-state index < -0.39 is 38.6 Å². The molecule has 0 radical (unpaired) electrons. The number of hydrogen-bond acceptors (Lipinski definition) is 7. The summed E-state index contributed by atoms with van der Waals surface area (Å²) in [4.78, 5) is 22.6. The molecule has 0 rings (SSSR count).